The van der Waals surface area contributed by atoms with Gasteiger partial charge in [-0.05, 0) is 77.9 Å². The zero-order valence-electron chi connectivity index (χ0n) is 24.6. The number of phenols is 1. The van der Waals surface area contributed by atoms with E-state index in [-0.39, 0.29) is 29.0 Å². The Balaban J connectivity index is 1.38. The van der Waals surface area contributed by atoms with E-state index < -0.39 is 0 Å². The molecule has 0 radical (unpaired) electrons. The summed E-state index contributed by atoms with van der Waals surface area (Å²) in [5.74, 6) is 0.729. The normalized spacial score (nSPS) is 13.6. The fraction of sp³-hybridized carbons (Fsp3) is 0.324. The lowest BCUT2D eigenvalue weighted by Crippen LogP contribution is -2.30. The molecule has 0 saturated heterocycles. The van der Waals surface area contributed by atoms with E-state index in [1.807, 2.05) is 54.6 Å². The summed E-state index contributed by atoms with van der Waals surface area (Å²) in [6, 6.07) is 21.5. The van der Waals surface area contributed by atoms with Crippen LogP contribution in [0.2, 0.25) is 0 Å². The van der Waals surface area contributed by atoms with Crippen molar-refractivity contribution in [3.8, 4) is 22.8 Å². The first kappa shape index (κ1) is 28.9. The number of hydrogen-bond acceptors (Lipinski definition) is 5. The van der Waals surface area contributed by atoms with Crippen LogP contribution in [0.4, 0.5) is 10.5 Å². The van der Waals surface area contributed by atoms with Gasteiger partial charge in [0, 0.05) is 29.3 Å². The lowest BCUT2D eigenvalue weighted by atomic mass is 9.87. The van der Waals surface area contributed by atoms with E-state index in [1.165, 1.54) is 10.7 Å². The molecular formula is C34H38N4O4. The molecule has 218 valence electrons. The van der Waals surface area contributed by atoms with Crippen LogP contribution in [0.5, 0.6) is 11.5 Å². The molecule has 3 N–H and O–H groups in total. The summed E-state index contributed by atoms with van der Waals surface area (Å²) in [6.45, 7) is 6.73. The van der Waals surface area contributed by atoms with Crippen LogP contribution in [0.15, 0.2) is 72.8 Å². The second-order valence-corrected chi connectivity index (χ2v) is 11.9. The monoisotopic (exact) mass is 566 g/mol. The molecule has 4 aromatic rings. The Morgan fingerprint density at radius 3 is 2.31 bits per heavy atom. The number of benzene rings is 3. The van der Waals surface area contributed by atoms with Crippen LogP contribution in [-0.4, -0.2) is 33.9 Å². The molecule has 1 aromatic heterocycles. The molecule has 1 saturated carbocycles. The molecule has 2 amide bonds. The molecule has 8 heteroatoms. The van der Waals surface area contributed by atoms with E-state index in [9.17, 15) is 14.7 Å². The second-order valence-electron chi connectivity index (χ2n) is 11.9. The van der Waals surface area contributed by atoms with Gasteiger partial charge in [0.05, 0.1) is 18.5 Å². The van der Waals surface area contributed by atoms with Crippen LogP contribution in [0, 0.1) is 0 Å². The third-order valence-corrected chi connectivity index (χ3v) is 7.85. The van der Waals surface area contributed by atoms with Crippen molar-refractivity contribution in [1.29, 1.82) is 0 Å². The lowest BCUT2D eigenvalue weighted by Gasteiger charge is -2.19. The van der Waals surface area contributed by atoms with Crippen molar-refractivity contribution in [3.63, 3.8) is 0 Å². The van der Waals surface area contributed by atoms with Crippen molar-refractivity contribution >= 4 is 17.6 Å². The van der Waals surface area contributed by atoms with E-state index in [0.29, 0.717) is 29.1 Å². The topological polar surface area (TPSA) is 105 Å². The Morgan fingerprint density at radius 2 is 1.67 bits per heavy atom. The average Bonchev–Trinajstić information content (AvgIpc) is 3.67. The molecule has 8 nitrogen and oxygen atoms in total. The number of ether oxygens (including phenoxy) is 1. The van der Waals surface area contributed by atoms with Crippen molar-refractivity contribution in [2.45, 2.75) is 64.3 Å². The molecular weight excluding hydrogens is 528 g/mol. The molecule has 0 bridgehead atoms. The van der Waals surface area contributed by atoms with Gasteiger partial charge in [-0.25, -0.2) is 4.79 Å². The van der Waals surface area contributed by atoms with Crippen molar-refractivity contribution in [2.75, 3.05) is 12.4 Å². The van der Waals surface area contributed by atoms with Crippen molar-refractivity contribution in [2.24, 2.45) is 0 Å². The Labute approximate surface area is 246 Å². The fourth-order valence-electron chi connectivity index (χ4n) is 5.34. The lowest BCUT2D eigenvalue weighted by molar-refractivity contribution is 0.102. The van der Waals surface area contributed by atoms with Gasteiger partial charge >= 0.3 is 6.03 Å². The van der Waals surface area contributed by atoms with Gasteiger partial charge in [0.1, 0.15) is 11.5 Å². The van der Waals surface area contributed by atoms with Crippen molar-refractivity contribution in [3.05, 3.63) is 95.2 Å². The summed E-state index contributed by atoms with van der Waals surface area (Å²) >= 11 is 0. The summed E-state index contributed by atoms with van der Waals surface area (Å²) in [7, 11) is 1.61. The van der Waals surface area contributed by atoms with Crippen LogP contribution in [0.3, 0.4) is 0 Å². The van der Waals surface area contributed by atoms with Crippen LogP contribution in [-0.2, 0) is 12.0 Å². The van der Waals surface area contributed by atoms with E-state index in [0.717, 1.165) is 48.3 Å². The van der Waals surface area contributed by atoms with Gasteiger partial charge in [-0.1, -0.05) is 57.9 Å². The molecule has 1 aliphatic carbocycles. The number of methoxy groups -OCH3 is 1. The minimum atomic E-state index is -0.332. The van der Waals surface area contributed by atoms with Gasteiger partial charge in [-0.3, -0.25) is 4.79 Å². The number of amides is 2. The first-order valence-corrected chi connectivity index (χ1v) is 14.4. The summed E-state index contributed by atoms with van der Waals surface area (Å²) in [6.07, 6.45) is 4.16. The number of nitrogens with one attached hydrogen (secondary N) is 2. The minimum absolute atomic E-state index is 0.00575. The van der Waals surface area contributed by atoms with Crippen LogP contribution in [0.1, 0.15) is 79.6 Å². The largest absolute Gasteiger partial charge is 0.507 e. The maximum absolute atomic E-state index is 13.3. The number of nitrogens with zero attached hydrogens (tertiary/aromatic N) is 2. The highest BCUT2D eigenvalue weighted by Gasteiger charge is 2.26. The highest BCUT2D eigenvalue weighted by molar-refractivity contribution is 6.04. The number of aromatic hydroxyl groups is 1. The predicted octanol–water partition coefficient (Wildman–Crippen LogP) is 7.23. The quantitative estimate of drug-likeness (QED) is 0.205. The van der Waals surface area contributed by atoms with Crippen LogP contribution < -0.4 is 15.4 Å². The maximum Gasteiger partial charge on any atom is 0.342 e. The molecule has 0 aliphatic heterocycles. The zero-order valence-corrected chi connectivity index (χ0v) is 24.6. The van der Waals surface area contributed by atoms with E-state index in [4.69, 9.17) is 4.74 Å². The Hall–Kier alpha value is -4.59. The van der Waals surface area contributed by atoms with Crippen LogP contribution >= 0.6 is 0 Å². The first-order valence-electron chi connectivity index (χ1n) is 14.4. The molecule has 1 fully saturated rings. The van der Waals surface area contributed by atoms with Crippen molar-refractivity contribution in [1.82, 2.24) is 15.1 Å². The molecule has 42 heavy (non-hydrogen) atoms. The molecule has 1 heterocycles. The maximum atomic E-state index is 13.3. The highest BCUT2D eigenvalue weighted by atomic mass is 16.5. The number of aromatic nitrogens is 2. The predicted molar refractivity (Wildman–Crippen MR) is 164 cm³/mol. The van der Waals surface area contributed by atoms with Gasteiger partial charge in [-0.2, -0.15) is 9.78 Å². The number of hydrogen-bond donors (Lipinski definition) is 3. The SMILES string of the molecule is COc1ccc(CNC(=O)n2nc(-c3cc(NC(=O)c4ccc(C(C)(C)C)cc4)ccc3O)cc2C2CCCC2)cc1. The fourth-order valence-corrected chi connectivity index (χ4v) is 5.34. The third-order valence-electron chi connectivity index (χ3n) is 7.85. The van der Waals surface area contributed by atoms with Crippen LogP contribution in [0.25, 0.3) is 11.3 Å². The number of phenolic OH excluding ortho intramolecular Hbond substituents is 1. The number of anilines is 1. The average molecular weight is 567 g/mol. The van der Waals surface area contributed by atoms with E-state index in [2.05, 4.69) is 36.5 Å². The van der Waals surface area contributed by atoms with Crippen molar-refractivity contribution < 1.29 is 19.4 Å². The number of carbonyl (C=O) groups is 2. The Bertz CT molecular complexity index is 1560. The third kappa shape index (κ3) is 6.48. The molecule has 1 aliphatic rings. The van der Waals surface area contributed by atoms with Gasteiger partial charge < -0.3 is 20.5 Å². The zero-order chi connectivity index (χ0) is 29.9. The summed E-state index contributed by atoms with van der Waals surface area (Å²) in [4.78, 5) is 26.3. The molecule has 0 spiro atoms. The molecule has 5 rings (SSSR count). The van der Waals surface area contributed by atoms with E-state index in [1.54, 1.807) is 19.2 Å². The summed E-state index contributed by atoms with van der Waals surface area (Å²) < 4.78 is 6.64. The minimum Gasteiger partial charge on any atom is -0.507 e. The first-order chi connectivity index (χ1) is 20.1. The highest BCUT2D eigenvalue weighted by Crippen LogP contribution is 2.38. The summed E-state index contributed by atoms with van der Waals surface area (Å²) in [5, 5.41) is 21.3. The Morgan fingerprint density at radius 1 is 0.976 bits per heavy atom. The summed E-state index contributed by atoms with van der Waals surface area (Å²) in [5.41, 5.74) is 4.88. The second kappa shape index (κ2) is 12.1. The van der Waals surface area contributed by atoms with Gasteiger partial charge in [0.25, 0.3) is 5.91 Å². The van der Waals surface area contributed by atoms with E-state index >= 15 is 0 Å². The smallest absolute Gasteiger partial charge is 0.342 e. The van der Waals surface area contributed by atoms with Gasteiger partial charge in [0.15, 0.2) is 0 Å². The standard InChI is InChI=1S/C34H38N4O4/c1-34(2,3)25-13-11-24(12-14-25)32(40)36-26-15-18-31(39)28(19-26)29-20-30(23-7-5-6-8-23)38(37-29)33(41)35-21-22-9-16-27(42-4)17-10-22/h9-20,23,39H,5-8,21H2,1-4H3,(H,35,41)(H,36,40). The Kier molecular flexibility index (Phi) is 8.34. The molecule has 0 atom stereocenters. The molecule has 0 unspecified atom stereocenters. The van der Waals surface area contributed by atoms with Gasteiger partial charge in [-0.15, -0.1) is 0 Å². The van der Waals surface area contributed by atoms with Gasteiger partial charge in [0.2, 0.25) is 0 Å². The number of rotatable bonds is 7. The number of carbonyl (C=O) groups excluding carboxylic acids is 2. The molecule has 3 aromatic carbocycles.